The molecular weight excluding hydrogens is 504 g/mol. The van der Waals surface area contributed by atoms with E-state index in [4.69, 9.17) is 14.6 Å². The van der Waals surface area contributed by atoms with Gasteiger partial charge < -0.3 is 25.0 Å². The number of carbonyl (C=O) groups excluding carboxylic acids is 1. The maximum atomic E-state index is 12.1. The molecule has 1 aliphatic rings. The van der Waals surface area contributed by atoms with Crippen molar-refractivity contribution in [1.29, 1.82) is 0 Å². The van der Waals surface area contributed by atoms with Crippen molar-refractivity contribution >= 4 is 29.3 Å². The number of carboxylic acid groups (broad SMARTS) is 1. The van der Waals surface area contributed by atoms with Gasteiger partial charge in [0, 0.05) is 42.0 Å². The van der Waals surface area contributed by atoms with E-state index < -0.39 is 12.3 Å². The third-order valence-corrected chi connectivity index (χ3v) is 7.45. The zero-order chi connectivity index (χ0) is 26.9. The molecule has 4 rings (SSSR count). The number of thioether (sulfide) groups is 1. The summed E-state index contributed by atoms with van der Waals surface area (Å²) in [6, 6.07) is 20.9. The van der Waals surface area contributed by atoms with Crippen LogP contribution in [0.5, 0.6) is 0 Å². The van der Waals surface area contributed by atoms with Crippen molar-refractivity contribution in [2.45, 2.75) is 56.3 Å². The first-order valence-corrected chi connectivity index (χ1v) is 13.6. The van der Waals surface area contributed by atoms with Crippen molar-refractivity contribution < 1.29 is 29.3 Å². The fourth-order valence-electron chi connectivity index (χ4n) is 4.26. The van der Waals surface area contributed by atoms with Crippen LogP contribution in [0.4, 0.5) is 5.69 Å². The van der Waals surface area contributed by atoms with Crippen molar-refractivity contribution in [2.24, 2.45) is 5.92 Å². The quantitative estimate of drug-likeness (QED) is 0.281. The highest BCUT2D eigenvalue weighted by Gasteiger charge is 2.38. The number of nitrogens with zero attached hydrogens (tertiary/aromatic N) is 1. The zero-order valence-corrected chi connectivity index (χ0v) is 22.0. The first-order chi connectivity index (χ1) is 18.4. The Labute approximate surface area is 226 Å². The molecule has 9 heteroatoms. The van der Waals surface area contributed by atoms with E-state index in [9.17, 15) is 14.7 Å². The summed E-state index contributed by atoms with van der Waals surface area (Å²) in [5, 5.41) is 21.9. The number of carbonyl (C=O) groups is 2. The number of hydrogen-bond acceptors (Lipinski definition) is 7. The minimum absolute atomic E-state index is 0.0150. The van der Waals surface area contributed by atoms with Crippen LogP contribution in [0.15, 0.2) is 78.0 Å². The molecule has 1 fully saturated rings. The SMILES string of the molecule is C[C@@H]1[C@H](CSc2ccccn2)O[C@H](c2ccc(NC(=O)CCCC(=O)O)cc2)O[C@@H]1c1ccc(CO)cc1. The second kappa shape index (κ2) is 13.5. The zero-order valence-electron chi connectivity index (χ0n) is 21.2. The van der Waals surface area contributed by atoms with Gasteiger partial charge in [0.05, 0.1) is 23.8 Å². The molecule has 3 N–H and O–H groups in total. The van der Waals surface area contributed by atoms with E-state index in [1.807, 2.05) is 54.6 Å². The van der Waals surface area contributed by atoms with Crippen LogP contribution in [0.25, 0.3) is 0 Å². The first-order valence-electron chi connectivity index (χ1n) is 12.6. The molecule has 1 aromatic heterocycles. The Balaban J connectivity index is 1.47. The Morgan fingerprint density at radius 1 is 0.974 bits per heavy atom. The highest BCUT2D eigenvalue weighted by molar-refractivity contribution is 7.99. The summed E-state index contributed by atoms with van der Waals surface area (Å²) in [6.07, 6.45) is 1.24. The predicted octanol–water partition coefficient (Wildman–Crippen LogP) is 5.35. The van der Waals surface area contributed by atoms with E-state index in [-0.39, 0.29) is 43.5 Å². The van der Waals surface area contributed by atoms with Crippen molar-refractivity contribution in [1.82, 2.24) is 4.98 Å². The number of hydrogen-bond donors (Lipinski definition) is 3. The molecule has 0 saturated carbocycles. The lowest BCUT2D eigenvalue weighted by Crippen LogP contribution is -2.38. The number of aliphatic hydroxyl groups is 1. The standard InChI is InChI=1S/C29H32N2O6S/c1-19-24(18-38-26-6-2-3-16-30-26)36-29(37-28(19)21-10-8-20(17-32)9-11-21)22-12-14-23(15-13-22)31-25(33)5-4-7-27(34)35/h2-3,6,8-16,19,24,28-29,32H,4-5,7,17-18H2,1H3,(H,31,33)(H,34,35)/t19-,24+,28+,29+/m1/s1. The first kappa shape index (κ1) is 27.8. The topological polar surface area (TPSA) is 118 Å². The molecule has 8 nitrogen and oxygen atoms in total. The average Bonchev–Trinajstić information content (AvgIpc) is 2.93. The number of ether oxygens (including phenoxy) is 2. The van der Waals surface area contributed by atoms with Crippen LogP contribution in [-0.2, 0) is 25.7 Å². The molecule has 0 bridgehead atoms. The van der Waals surface area contributed by atoms with Crippen LogP contribution < -0.4 is 5.32 Å². The van der Waals surface area contributed by atoms with Gasteiger partial charge in [-0.05, 0) is 41.8 Å². The van der Waals surface area contributed by atoms with E-state index in [0.29, 0.717) is 17.9 Å². The molecule has 3 aromatic rings. The molecule has 2 aromatic carbocycles. The highest BCUT2D eigenvalue weighted by Crippen LogP contribution is 2.43. The summed E-state index contributed by atoms with van der Waals surface area (Å²) < 4.78 is 12.9. The molecule has 0 aliphatic carbocycles. The van der Waals surface area contributed by atoms with Gasteiger partial charge in [-0.25, -0.2) is 4.98 Å². The molecule has 0 spiro atoms. The highest BCUT2D eigenvalue weighted by atomic mass is 32.2. The largest absolute Gasteiger partial charge is 0.481 e. The molecule has 0 unspecified atom stereocenters. The van der Waals surface area contributed by atoms with Gasteiger partial charge in [-0.2, -0.15) is 0 Å². The van der Waals surface area contributed by atoms with Crippen LogP contribution in [0.1, 0.15) is 55.3 Å². The number of amides is 1. The number of aromatic nitrogens is 1. The summed E-state index contributed by atoms with van der Waals surface area (Å²) in [7, 11) is 0. The van der Waals surface area contributed by atoms with Gasteiger partial charge in [0.25, 0.3) is 0 Å². The fraction of sp³-hybridized carbons (Fsp3) is 0.345. The van der Waals surface area contributed by atoms with E-state index >= 15 is 0 Å². The summed E-state index contributed by atoms with van der Waals surface area (Å²) in [4.78, 5) is 27.2. The molecule has 1 saturated heterocycles. The summed E-state index contributed by atoms with van der Waals surface area (Å²) >= 11 is 1.64. The van der Waals surface area contributed by atoms with E-state index in [1.54, 1.807) is 30.1 Å². The van der Waals surface area contributed by atoms with Gasteiger partial charge in [-0.15, -0.1) is 11.8 Å². The number of carboxylic acids is 1. The normalized spacial score (nSPS) is 21.1. The van der Waals surface area contributed by atoms with Gasteiger partial charge in [0.1, 0.15) is 0 Å². The molecular formula is C29H32N2O6S. The smallest absolute Gasteiger partial charge is 0.303 e. The maximum Gasteiger partial charge on any atom is 0.303 e. The van der Waals surface area contributed by atoms with Gasteiger partial charge in [-0.1, -0.05) is 49.4 Å². The van der Waals surface area contributed by atoms with Crippen LogP contribution in [-0.4, -0.2) is 38.9 Å². The maximum absolute atomic E-state index is 12.1. The van der Waals surface area contributed by atoms with Gasteiger partial charge in [-0.3, -0.25) is 9.59 Å². The fourth-order valence-corrected chi connectivity index (χ4v) is 5.28. The molecule has 38 heavy (non-hydrogen) atoms. The number of nitrogens with one attached hydrogen (secondary N) is 1. The lowest BCUT2D eigenvalue weighted by molar-refractivity contribution is -0.268. The number of aliphatic hydroxyl groups excluding tert-OH is 1. The minimum atomic E-state index is -0.914. The Kier molecular flexibility index (Phi) is 9.89. The average molecular weight is 537 g/mol. The van der Waals surface area contributed by atoms with Crippen molar-refractivity contribution in [3.63, 3.8) is 0 Å². The minimum Gasteiger partial charge on any atom is -0.481 e. The molecule has 0 radical (unpaired) electrons. The number of rotatable bonds is 11. The summed E-state index contributed by atoms with van der Waals surface area (Å²) in [5.41, 5.74) is 3.30. The predicted molar refractivity (Wildman–Crippen MR) is 144 cm³/mol. The van der Waals surface area contributed by atoms with E-state index in [2.05, 4.69) is 17.2 Å². The molecule has 1 aliphatic heterocycles. The monoisotopic (exact) mass is 536 g/mol. The van der Waals surface area contributed by atoms with Crippen molar-refractivity contribution in [3.05, 3.63) is 89.6 Å². The summed E-state index contributed by atoms with van der Waals surface area (Å²) in [5.74, 6) is -0.376. The molecule has 200 valence electrons. The Hall–Kier alpha value is -3.24. The number of pyridine rings is 1. The lowest BCUT2D eigenvalue weighted by atomic mass is 9.91. The number of anilines is 1. The number of benzene rings is 2. The van der Waals surface area contributed by atoms with Gasteiger partial charge in [0.2, 0.25) is 5.91 Å². The van der Waals surface area contributed by atoms with E-state index in [0.717, 1.165) is 21.7 Å². The molecule has 2 heterocycles. The van der Waals surface area contributed by atoms with Crippen molar-refractivity contribution in [2.75, 3.05) is 11.1 Å². The number of aliphatic carboxylic acids is 1. The lowest BCUT2D eigenvalue weighted by Gasteiger charge is -2.41. The molecule has 1 amide bonds. The third-order valence-electron chi connectivity index (χ3n) is 6.42. The van der Waals surface area contributed by atoms with Gasteiger partial charge >= 0.3 is 5.97 Å². The van der Waals surface area contributed by atoms with Crippen LogP contribution in [0, 0.1) is 5.92 Å². The molecule has 4 atom stereocenters. The van der Waals surface area contributed by atoms with Gasteiger partial charge in [0.15, 0.2) is 6.29 Å². The Morgan fingerprint density at radius 2 is 1.71 bits per heavy atom. The van der Waals surface area contributed by atoms with Crippen LogP contribution >= 0.6 is 11.8 Å². The Morgan fingerprint density at radius 3 is 2.37 bits per heavy atom. The van der Waals surface area contributed by atoms with Crippen LogP contribution in [0.2, 0.25) is 0 Å². The summed E-state index contributed by atoms with van der Waals surface area (Å²) in [6.45, 7) is 2.10. The second-order valence-corrected chi connectivity index (χ2v) is 10.3. The third kappa shape index (κ3) is 7.64. The second-order valence-electron chi connectivity index (χ2n) is 9.22. The Bertz CT molecular complexity index is 1190. The van der Waals surface area contributed by atoms with E-state index in [1.165, 1.54) is 0 Å². The van der Waals surface area contributed by atoms with Crippen LogP contribution in [0.3, 0.4) is 0 Å². The van der Waals surface area contributed by atoms with Crippen molar-refractivity contribution in [3.8, 4) is 0 Å².